The molecule has 0 atom stereocenters. The van der Waals surface area contributed by atoms with Crippen LogP contribution in [-0.4, -0.2) is 17.7 Å². The minimum Gasteiger partial charge on any atom is -0.479 e. The SMILES string of the molecule is Cc1ccn2c1C1(CCNCC1)Oc1ccccc1-2.Cl. The molecule has 0 saturated carbocycles. The Morgan fingerprint density at radius 2 is 1.90 bits per heavy atom. The van der Waals surface area contributed by atoms with Gasteiger partial charge in [0, 0.05) is 19.0 Å². The molecule has 1 N–H and O–H groups in total. The molecule has 3 nitrogen and oxygen atoms in total. The Morgan fingerprint density at radius 1 is 1.15 bits per heavy atom. The zero-order chi connectivity index (χ0) is 12.9. The molecule has 0 aliphatic carbocycles. The minimum absolute atomic E-state index is 0. The smallest absolute Gasteiger partial charge is 0.152 e. The molecule has 1 saturated heterocycles. The van der Waals surface area contributed by atoms with Gasteiger partial charge in [-0.15, -0.1) is 12.4 Å². The number of piperidine rings is 1. The molecule has 20 heavy (non-hydrogen) atoms. The lowest BCUT2D eigenvalue weighted by Gasteiger charge is -2.42. The highest BCUT2D eigenvalue weighted by Gasteiger charge is 2.43. The summed E-state index contributed by atoms with van der Waals surface area (Å²) in [5.41, 5.74) is 3.69. The van der Waals surface area contributed by atoms with E-state index in [4.69, 9.17) is 4.74 Å². The lowest BCUT2D eigenvalue weighted by Crippen LogP contribution is -2.47. The van der Waals surface area contributed by atoms with E-state index >= 15 is 0 Å². The average molecular weight is 291 g/mol. The number of hydrogen-bond acceptors (Lipinski definition) is 2. The summed E-state index contributed by atoms with van der Waals surface area (Å²) < 4.78 is 8.78. The van der Waals surface area contributed by atoms with Gasteiger partial charge in [-0.05, 0) is 43.8 Å². The maximum atomic E-state index is 6.47. The van der Waals surface area contributed by atoms with Gasteiger partial charge in [-0.25, -0.2) is 0 Å². The number of nitrogens with zero attached hydrogens (tertiary/aromatic N) is 1. The number of halogens is 1. The van der Waals surface area contributed by atoms with Crippen LogP contribution in [0.5, 0.6) is 5.75 Å². The van der Waals surface area contributed by atoms with Gasteiger partial charge in [0.25, 0.3) is 0 Å². The summed E-state index contributed by atoms with van der Waals surface area (Å²) in [7, 11) is 0. The molecule has 0 bridgehead atoms. The lowest BCUT2D eigenvalue weighted by atomic mass is 9.85. The van der Waals surface area contributed by atoms with Crippen molar-refractivity contribution in [3.05, 3.63) is 47.8 Å². The van der Waals surface area contributed by atoms with Crippen LogP contribution in [0.1, 0.15) is 24.1 Å². The van der Waals surface area contributed by atoms with Gasteiger partial charge in [0.1, 0.15) is 5.75 Å². The van der Waals surface area contributed by atoms with Crippen molar-refractivity contribution in [2.24, 2.45) is 0 Å². The maximum Gasteiger partial charge on any atom is 0.152 e. The quantitative estimate of drug-likeness (QED) is 0.806. The Morgan fingerprint density at radius 3 is 2.70 bits per heavy atom. The minimum atomic E-state index is -0.146. The fourth-order valence-electron chi connectivity index (χ4n) is 3.48. The highest BCUT2D eigenvalue weighted by molar-refractivity contribution is 5.85. The molecule has 4 rings (SSSR count). The van der Waals surface area contributed by atoms with Gasteiger partial charge in [0.05, 0.1) is 11.4 Å². The van der Waals surface area contributed by atoms with Crippen molar-refractivity contribution >= 4 is 12.4 Å². The van der Waals surface area contributed by atoms with Crippen LogP contribution in [0.3, 0.4) is 0 Å². The Bertz CT molecular complexity index is 629. The van der Waals surface area contributed by atoms with Crippen LogP contribution in [0.4, 0.5) is 0 Å². The predicted octanol–water partition coefficient (Wildman–Crippen LogP) is 3.18. The number of rotatable bonds is 0. The lowest BCUT2D eigenvalue weighted by molar-refractivity contribution is 0.0197. The topological polar surface area (TPSA) is 26.2 Å². The van der Waals surface area contributed by atoms with E-state index in [-0.39, 0.29) is 18.0 Å². The number of para-hydroxylation sites is 2. The van der Waals surface area contributed by atoms with Crippen LogP contribution in [0.25, 0.3) is 5.69 Å². The van der Waals surface area contributed by atoms with Gasteiger partial charge in [-0.2, -0.15) is 0 Å². The van der Waals surface area contributed by atoms with E-state index in [9.17, 15) is 0 Å². The molecule has 4 heteroatoms. The fourth-order valence-corrected chi connectivity index (χ4v) is 3.48. The summed E-state index contributed by atoms with van der Waals surface area (Å²) in [6.07, 6.45) is 4.24. The van der Waals surface area contributed by atoms with Crippen LogP contribution >= 0.6 is 12.4 Å². The molecule has 2 aliphatic rings. The highest BCUT2D eigenvalue weighted by atomic mass is 35.5. The van der Waals surface area contributed by atoms with Gasteiger partial charge in [0.2, 0.25) is 0 Å². The van der Waals surface area contributed by atoms with Crippen LogP contribution in [0, 0.1) is 6.92 Å². The Hall–Kier alpha value is -1.45. The van der Waals surface area contributed by atoms with E-state index < -0.39 is 0 Å². The van der Waals surface area contributed by atoms with Crippen LogP contribution in [0.2, 0.25) is 0 Å². The number of aryl methyl sites for hydroxylation is 1. The van der Waals surface area contributed by atoms with Gasteiger partial charge in [0.15, 0.2) is 5.60 Å². The molecule has 2 aromatic rings. The number of benzene rings is 1. The van der Waals surface area contributed by atoms with Crippen LogP contribution in [0.15, 0.2) is 36.5 Å². The van der Waals surface area contributed by atoms with Crippen molar-refractivity contribution in [3.8, 4) is 11.4 Å². The first-order valence-corrected chi connectivity index (χ1v) is 6.98. The van der Waals surface area contributed by atoms with Crippen molar-refractivity contribution in [2.75, 3.05) is 13.1 Å². The van der Waals surface area contributed by atoms with Gasteiger partial charge in [-0.1, -0.05) is 12.1 Å². The monoisotopic (exact) mass is 290 g/mol. The zero-order valence-electron chi connectivity index (χ0n) is 11.6. The molecule has 1 spiro atoms. The van der Waals surface area contributed by atoms with Crippen molar-refractivity contribution < 1.29 is 4.74 Å². The molecule has 106 valence electrons. The number of hydrogen-bond donors (Lipinski definition) is 1. The van der Waals surface area contributed by atoms with E-state index in [1.165, 1.54) is 11.3 Å². The largest absolute Gasteiger partial charge is 0.479 e. The molecule has 0 radical (unpaired) electrons. The number of ether oxygens (including phenoxy) is 1. The first-order valence-electron chi connectivity index (χ1n) is 6.98. The van der Waals surface area contributed by atoms with Crippen LogP contribution < -0.4 is 10.1 Å². The first kappa shape index (κ1) is 13.5. The molecule has 0 amide bonds. The molecule has 0 unspecified atom stereocenters. The Kier molecular flexibility index (Phi) is 3.27. The number of fused-ring (bicyclic) bond motifs is 4. The van der Waals surface area contributed by atoms with E-state index in [1.54, 1.807) is 0 Å². The van der Waals surface area contributed by atoms with Crippen molar-refractivity contribution in [2.45, 2.75) is 25.4 Å². The second-order valence-electron chi connectivity index (χ2n) is 5.53. The van der Waals surface area contributed by atoms with Crippen molar-refractivity contribution in [3.63, 3.8) is 0 Å². The maximum absolute atomic E-state index is 6.47. The Balaban J connectivity index is 0.00000121. The van der Waals surface area contributed by atoms with Gasteiger partial charge >= 0.3 is 0 Å². The first-order chi connectivity index (χ1) is 9.30. The summed E-state index contributed by atoms with van der Waals surface area (Å²) in [5.74, 6) is 1.01. The summed E-state index contributed by atoms with van der Waals surface area (Å²) >= 11 is 0. The van der Waals surface area contributed by atoms with E-state index in [0.29, 0.717) is 0 Å². The Labute approximate surface area is 125 Å². The summed E-state index contributed by atoms with van der Waals surface area (Å²) in [6, 6.07) is 10.5. The molecular weight excluding hydrogens is 272 g/mol. The number of nitrogens with one attached hydrogen (secondary N) is 1. The van der Waals surface area contributed by atoms with E-state index in [2.05, 4.69) is 53.3 Å². The average Bonchev–Trinajstić information content (AvgIpc) is 2.83. The third-order valence-electron chi connectivity index (χ3n) is 4.36. The van der Waals surface area contributed by atoms with E-state index in [1.807, 2.05) is 0 Å². The molecule has 1 fully saturated rings. The highest BCUT2D eigenvalue weighted by Crippen LogP contribution is 2.45. The standard InChI is InChI=1S/C16H18N2O.ClH/c1-12-6-11-18-13-4-2-3-5-14(13)19-16(15(12)18)7-9-17-10-8-16;/h2-6,11,17H,7-10H2,1H3;1H. The summed E-state index contributed by atoms with van der Waals surface area (Å²) in [6.45, 7) is 4.23. The van der Waals surface area contributed by atoms with Crippen molar-refractivity contribution in [1.82, 2.24) is 9.88 Å². The normalized spacial score (nSPS) is 18.6. The van der Waals surface area contributed by atoms with Crippen LogP contribution in [-0.2, 0) is 5.60 Å². The number of aromatic nitrogens is 1. The molecule has 1 aromatic carbocycles. The second kappa shape index (κ2) is 4.83. The van der Waals surface area contributed by atoms with Crippen molar-refractivity contribution in [1.29, 1.82) is 0 Å². The predicted molar refractivity (Wildman–Crippen MR) is 82.2 cm³/mol. The van der Waals surface area contributed by atoms with Gasteiger partial charge < -0.3 is 14.6 Å². The summed E-state index contributed by atoms with van der Waals surface area (Å²) in [4.78, 5) is 0. The molecule has 3 heterocycles. The zero-order valence-corrected chi connectivity index (χ0v) is 12.4. The molecular formula is C16H19ClN2O. The molecule has 1 aromatic heterocycles. The third kappa shape index (κ3) is 1.77. The van der Waals surface area contributed by atoms with Gasteiger partial charge in [-0.3, -0.25) is 0 Å². The summed E-state index contributed by atoms with van der Waals surface area (Å²) in [5, 5.41) is 3.43. The second-order valence-corrected chi connectivity index (χ2v) is 5.53. The fraction of sp³-hybridized carbons (Fsp3) is 0.375. The third-order valence-corrected chi connectivity index (χ3v) is 4.36. The van der Waals surface area contributed by atoms with E-state index in [0.717, 1.165) is 37.4 Å². The molecule has 2 aliphatic heterocycles.